The van der Waals surface area contributed by atoms with Gasteiger partial charge >= 0.3 is 0 Å². The Morgan fingerprint density at radius 2 is 2.20 bits per heavy atom. The van der Waals surface area contributed by atoms with Crippen molar-refractivity contribution in [1.82, 2.24) is 0 Å². The van der Waals surface area contributed by atoms with E-state index in [1.54, 1.807) is 6.26 Å². The molecule has 1 saturated carbocycles. The van der Waals surface area contributed by atoms with Gasteiger partial charge in [-0.1, -0.05) is 6.07 Å². The Morgan fingerprint density at radius 3 is 2.75 bits per heavy atom. The average Bonchev–Trinajstić information content (AvgIpc) is 3.14. The molecule has 0 amide bonds. The van der Waals surface area contributed by atoms with Crippen molar-refractivity contribution < 1.29 is 8.81 Å². The first-order valence-electron chi connectivity index (χ1n) is 6.99. The molecule has 1 atom stereocenters. The van der Waals surface area contributed by atoms with Crippen molar-refractivity contribution in [3.05, 3.63) is 53.7 Å². The molecule has 1 aromatic heterocycles. The second-order valence-corrected chi connectivity index (χ2v) is 5.44. The van der Waals surface area contributed by atoms with Crippen LogP contribution in [-0.2, 0) is 6.54 Å². The predicted molar refractivity (Wildman–Crippen MR) is 76.9 cm³/mol. The van der Waals surface area contributed by atoms with Gasteiger partial charge in [0.05, 0.1) is 18.5 Å². The number of hydrogen-bond acceptors (Lipinski definition) is 3. The third-order valence-corrected chi connectivity index (χ3v) is 3.70. The van der Waals surface area contributed by atoms with Crippen molar-refractivity contribution in [3.63, 3.8) is 0 Å². The van der Waals surface area contributed by atoms with Crippen molar-refractivity contribution in [2.45, 2.75) is 38.4 Å². The predicted octanol–water partition coefficient (Wildman–Crippen LogP) is 3.61. The van der Waals surface area contributed by atoms with Gasteiger partial charge in [0.25, 0.3) is 0 Å². The Morgan fingerprint density at radius 1 is 1.40 bits per heavy atom. The molecule has 3 rings (SSSR count). The smallest absolute Gasteiger partial charge is 0.146 e. The molecule has 106 valence electrons. The number of nitrogens with zero attached hydrogens (tertiary/aromatic N) is 1. The third-order valence-electron chi connectivity index (χ3n) is 3.70. The van der Waals surface area contributed by atoms with Crippen LogP contribution in [0.25, 0.3) is 0 Å². The summed E-state index contributed by atoms with van der Waals surface area (Å²) in [5.41, 5.74) is 7.25. The molecule has 0 bridgehead atoms. The molecule has 4 heteroatoms. The summed E-state index contributed by atoms with van der Waals surface area (Å²) >= 11 is 0. The number of benzene rings is 1. The summed E-state index contributed by atoms with van der Waals surface area (Å²) < 4.78 is 19.7. The zero-order chi connectivity index (χ0) is 14.1. The van der Waals surface area contributed by atoms with E-state index in [1.807, 2.05) is 31.2 Å². The lowest BCUT2D eigenvalue weighted by Crippen LogP contribution is -2.26. The summed E-state index contributed by atoms with van der Waals surface area (Å²) in [6.07, 6.45) is 3.86. The SMILES string of the molecule is C[C@@H](N)c1ccc(N(Cc2ccco2)C2CC2)c(F)c1. The summed E-state index contributed by atoms with van der Waals surface area (Å²) in [5.74, 6) is 0.644. The van der Waals surface area contributed by atoms with Gasteiger partial charge < -0.3 is 15.1 Å². The Labute approximate surface area is 118 Å². The minimum absolute atomic E-state index is 0.155. The highest BCUT2D eigenvalue weighted by Gasteiger charge is 2.31. The maximum absolute atomic E-state index is 14.3. The highest BCUT2D eigenvalue weighted by atomic mass is 19.1. The summed E-state index contributed by atoms with van der Waals surface area (Å²) in [5, 5.41) is 0. The molecule has 1 aliphatic rings. The first-order valence-corrected chi connectivity index (χ1v) is 6.99. The van der Waals surface area contributed by atoms with Crippen LogP contribution in [0.3, 0.4) is 0 Å². The molecule has 1 heterocycles. The average molecular weight is 274 g/mol. The van der Waals surface area contributed by atoms with E-state index in [-0.39, 0.29) is 11.9 Å². The lowest BCUT2D eigenvalue weighted by atomic mass is 10.1. The number of rotatable bonds is 5. The van der Waals surface area contributed by atoms with Gasteiger partial charge in [-0.2, -0.15) is 0 Å². The minimum atomic E-state index is -0.210. The van der Waals surface area contributed by atoms with Gasteiger partial charge in [0, 0.05) is 12.1 Å². The topological polar surface area (TPSA) is 42.4 Å². The largest absolute Gasteiger partial charge is 0.467 e. The van der Waals surface area contributed by atoms with Crippen LogP contribution in [-0.4, -0.2) is 6.04 Å². The van der Waals surface area contributed by atoms with Crippen molar-refractivity contribution >= 4 is 5.69 Å². The monoisotopic (exact) mass is 274 g/mol. The number of halogens is 1. The first kappa shape index (κ1) is 13.2. The maximum atomic E-state index is 14.3. The molecule has 0 saturated heterocycles. The number of anilines is 1. The fraction of sp³-hybridized carbons (Fsp3) is 0.375. The molecule has 20 heavy (non-hydrogen) atoms. The second kappa shape index (κ2) is 5.29. The van der Waals surface area contributed by atoms with Gasteiger partial charge in [-0.15, -0.1) is 0 Å². The summed E-state index contributed by atoms with van der Waals surface area (Å²) in [4.78, 5) is 2.08. The fourth-order valence-corrected chi connectivity index (χ4v) is 2.41. The van der Waals surface area contributed by atoms with Crippen LogP contribution in [0.1, 0.15) is 37.1 Å². The van der Waals surface area contributed by atoms with Crippen LogP contribution in [0, 0.1) is 5.82 Å². The summed E-state index contributed by atoms with van der Waals surface area (Å²) in [7, 11) is 0. The maximum Gasteiger partial charge on any atom is 0.146 e. The summed E-state index contributed by atoms with van der Waals surface area (Å²) in [6.45, 7) is 2.46. The molecule has 1 aromatic carbocycles. The number of furan rings is 1. The Hall–Kier alpha value is -1.81. The van der Waals surface area contributed by atoms with Crippen LogP contribution < -0.4 is 10.6 Å². The second-order valence-electron chi connectivity index (χ2n) is 5.44. The minimum Gasteiger partial charge on any atom is -0.467 e. The lowest BCUT2D eigenvalue weighted by molar-refractivity contribution is 0.498. The third kappa shape index (κ3) is 2.70. The van der Waals surface area contributed by atoms with Crippen LogP contribution in [0.5, 0.6) is 0 Å². The number of hydrogen-bond donors (Lipinski definition) is 1. The van der Waals surface area contributed by atoms with E-state index in [0.29, 0.717) is 18.3 Å². The molecule has 1 aliphatic carbocycles. The normalized spacial score (nSPS) is 16.1. The molecule has 0 radical (unpaired) electrons. The molecule has 0 unspecified atom stereocenters. The van der Waals surface area contributed by atoms with Crippen molar-refractivity contribution in [3.8, 4) is 0 Å². The van der Waals surface area contributed by atoms with Gasteiger partial charge in [0.15, 0.2) is 0 Å². The molecular formula is C16H19FN2O. The standard InChI is InChI=1S/C16H19FN2O/c1-11(18)12-4-7-16(15(17)9-12)19(13-5-6-13)10-14-3-2-8-20-14/h2-4,7-9,11,13H,5-6,10,18H2,1H3/t11-/m1/s1. The highest BCUT2D eigenvalue weighted by Crippen LogP contribution is 2.35. The van der Waals surface area contributed by atoms with E-state index in [4.69, 9.17) is 10.2 Å². The lowest BCUT2D eigenvalue weighted by Gasteiger charge is -2.24. The van der Waals surface area contributed by atoms with Crippen LogP contribution in [0.4, 0.5) is 10.1 Å². The zero-order valence-electron chi connectivity index (χ0n) is 11.6. The molecule has 3 nitrogen and oxygen atoms in total. The molecule has 1 fully saturated rings. The van der Waals surface area contributed by atoms with Gasteiger partial charge in [-0.3, -0.25) is 0 Å². The van der Waals surface area contributed by atoms with Crippen molar-refractivity contribution in [1.29, 1.82) is 0 Å². The van der Waals surface area contributed by atoms with Crippen LogP contribution >= 0.6 is 0 Å². The van der Waals surface area contributed by atoms with Crippen LogP contribution in [0.15, 0.2) is 41.0 Å². The highest BCUT2D eigenvalue weighted by molar-refractivity contribution is 5.51. The van der Waals surface area contributed by atoms with E-state index in [2.05, 4.69) is 4.90 Å². The van der Waals surface area contributed by atoms with Gasteiger partial charge in [0.1, 0.15) is 11.6 Å². The van der Waals surface area contributed by atoms with E-state index < -0.39 is 0 Å². The van der Waals surface area contributed by atoms with Crippen LogP contribution in [0.2, 0.25) is 0 Å². The van der Waals surface area contributed by atoms with Crippen molar-refractivity contribution in [2.75, 3.05) is 4.90 Å². The van der Waals surface area contributed by atoms with Gasteiger partial charge in [-0.05, 0) is 49.6 Å². The fourth-order valence-electron chi connectivity index (χ4n) is 2.41. The van der Waals surface area contributed by atoms with Gasteiger partial charge in [0.2, 0.25) is 0 Å². The van der Waals surface area contributed by atoms with E-state index in [9.17, 15) is 4.39 Å². The molecule has 0 aliphatic heterocycles. The molecular weight excluding hydrogens is 255 g/mol. The summed E-state index contributed by atoms with van der Waals surface area (Å²) in [6, 6.07) is 9.31. The number of nitrogens with two attached hydrogens (primary N) is 1. The Balaban J connectivity index is 1.87. The quantitative estimate of drug-likeness (QED) is 0.905. The van der Waals surface area contributed by atoms with E-state index >= 15 is 0 Å². The zero-order valence-corrected chi connectivity index (χ0v) is 11.6. The molecule has 2 aromatic rings. The van der Waals surface area contributed by atoms with E-state index in [0.717, 1.165) is 24.2 Å². The van der Waals surface area contributed by atoms with E-state index in [1.165, 1.54) is 6.07 Å². The molecule has 0 spiro atoms. The van der Waals surface area contributed by atoms with Crippen molar-refractivity contribution in [2.24, 2.45) is 5.73 Å². The Bertz CT molecular complexity index is 576. The first-order chi connectivity index (χ1) is 9.65. The Kier molecular flexibility index (Phi) is 3.49. The van der Waals surface area contributed by atoms with Gasteiger partial charge in [-0.25, -0.2) is 4.39 Å². The molecule has 2 N–H and O–H groups in total.